The highest BCUT2D eigenvalue weighted by atomic mass is 32.1. The van der Waals surface area contributed by atoms with Gasteiger partial charge in [0.1, 0.15) is 8.07 Å². The van der Waals surface area contributed by atoms with E-state index >= 15 is 0 Å². The van der Waals surface area contributed by atoms with Crippen LogP contribution in [0.15, 0.2) is 54.6 Å². The van der Waals surface area contributed by atoms with Crippen molar-refractivity contribution in [1.29, 1.82) is 0 Å². The molecule has 102 valence electrons. The van der Waals surface area contributed by atoms with E-state index in [2.05, 4.69) is 55.6 Å². The van der Waals surface area contributed by atoms with Gasteiger partial charge >= 0.3 is 0 Å². The summed E-state index contributed by atoms with van der Waals surface area (Å²) in [4.78, 5) is 0. The molecular formula is C17H18OSSi. The molecule has 3 heteroatoms. The molecule has 0 radical (unpaired) electrons. The van der Waals surface area contributed by atoms with Gasteiger partial charge in [0.25, 0.3) is 0 Å². The maximum absolute atomic E-state index is 9.59. The topological polar surface area (TPSA) is 20.2 Å². The first-order valence-electron chi connectivity index (χ1n) is 6.81. The Hall–Kier alpha value is -1.42. The molecular weight excluding hydrogens is 280 g/mol. The fourth-order valence-corrected chi connectivity index (χ4v) is 7.44. The van der Waals surface area contributed by atoms with Gasteiger partial charge in [-0.3, -0.25) is 0 Å². The van der Waals surface area contributed by atoms with Gasteiger partial charge in [0.2, 0.25) is 0 Å². The van der Waals surface area contributed by atoms with Crippen molar-refractivity contribution in [3.63, 3.8) is 0 Å². The summed E-state index contributed by atoms with van der Waals surface area (Å²) in [5, 5.41) is 12.3. The standard InChI is InChI=1S/C17H18OSSi/c1-20(2,16-10-6-4-8-14(16)12-18)17-11-13-7-3-5-9-15(13)19-17/h3-11,18H,12H2,1-2H3. The molecule has 0 saturated heterocycles. The van der Waals surface area contributed by atoms with Gasteiger partial charge < -0.3 is 5.11 Å². The lowest BCUT2D eigenvalue weighted by Gasteiger charge is -2.24. The molecule has 1 N–H and O–H groups in total. The van der Waals surface area contributed by atoms with Crippen molar-refractivity contribution in [2.75, 3.05) is 0 Å². The predicted molar refractivity (Wildman–Crippen MR) is 90.9 cm³/mol. The monoisotopic (exact) mass is 298 g/mol. The Kier molecular flexibility index (Phi) is 3.50. The average molecular weight is 298 g/mol. The molecule has 0 spiro atoms. The molecule has 2 aromatic carbocycles. The number of fused-ring (bicyclic) bond motifs is 1. The number of rotatable bonds is 3. The smallest absolute Gasteiger partial charge is 0.125 e. The quantitative estimate of drug-likeness (QED) is 0.736. The van der Waals surface area contributed by atoms with Gasteiger partial charge in [-0.1, -0.05) is 55.6 Å². The largest absolute Gasteiger partial charge is 0.392 e. The molecule has 3 aromatic rings. The summed E-state index contributed by atoms with van der Waals surface area (Å²) < 4.78 is 2.82. The molecule has 0 amide bonds. The van der Waals surface area contributed by atoms with E-state index in [1.54, 1.807) is 0 Å². The van der Waals surface area contributed by atoms with Gasteiger partial charge in [-0.15, -0.1) is 11.3 Å². The SMILES string of the molecule is C[Si](C)(c1cc2ccccc2s1)c1ccccc1CO. The third-order valence-electron chi connectivity index (χ3n) is 3.90. The van der Waals surface area contributed by atoms with Crippen molar-refractivity contribution < 1.29 is 5.11 Å². The van der Waals surface area contributed by atoms with Gasteiger partial charge in [-0.25, -0.2) is 0 Å². The zero-order valence-electron chi connectivity index (χ0n) is 11.8. The van der Waals surface area contributed by atoms with E-state index in [9.17, 15) is 5.11 Å². The highest BCUT2D eigenvalue weighted by molar-refractivity contribution is 7.33. The minimum Gasteiger partial charge on any atom is -0.392 e. The Labute approximate surface area is 124 Å². The molecule has 0 saturated carbocycles. The molecule has 0 atom stereocenters. The normalized spacial score (nSPS) is 11.9. The van der Waals surface area contributed by atoms with E-state index in [-0.39, 0.29) is 6.61 Å². The first-order valence-corrected chi connectivity index (χ1v) is 10.6. The zero-order chi connectivity index (χ0) is 14.2. The summed E-state index contributed by atoms with van der Waals surface area (Å²) >= 11 is 1.90. The first-order chi connectivity index (χ1) is 9.63. The molecule has 1 aromatic heterocycles. The summed E-state index contributed by atoms with van der Waals surface area (Å²) in [5.74, 6) is 0. The number of benzene rings is 2. The lowest BCUT2D eigenvalue weighted by atomic mass is 10.2. The van der Waals surface area contributed by atoms with E-state index in [0.717, 1.165) is 5.56 Å². The van der Waals surface area contributed by atoms with Crippen molar-refractivity contribution in [1.82, 2.24) is 0 Å². The molecule has 0 unspecified atom stereocenters. The number of hydrogen-bond acceptors (Lipinski definition) is 2. The third kappa shape index (κ3) is 2.22. The summed E-state index contributed by atoms with van der Waals surface area (Å²) in [6.45, 7) is 4.86. The predicted octanol–water partition coefficient (Wildman–Crippen LogP) is 3.22. The van der Waals surface area contributed by atoms with E-state index in [0.29, 0.717) is 0 Å². The van der Waals surface area contributed by atoms with Gasteiger partial charge in [0, 0.05) is 4.70 Å². The van der Waals surface area contributed by atoms with E-state index < -0.39 is 8.07 Å². The van der Waals surface area contributed by atoms with Gasteiger partial charge in [-0.2, -0.15) is 0 Å². The van der Waals surface area contributed by atoms with Crippen LogP contribution in [0.3, 0.4) is 0 Å². The van der Waals surface area contributed by atoms with Crippen LogP contribution >= 0.6 is 11.3 Å². The summed E-state index contributed by atoms with van der Waals surface area (Å²) in [7, 11) is -1.75. The van der Waals surface area contributed by atoms with Crippen molar-refractivity contribution in [2.24, 2.45) is 0 Å². The van der Waals surface area contributed by atoms with Crippen LogP contribution in [0.5, 0.6) is 0 Å². The lowest BCUT2D eigenvalue weighted by Crippen LogP contribution is -2.52. The van der Waals surface area contributed by atoms with Crippen LogP contribution in [-0.2, 0) is 6.61 Å². The second-order valence-corrected chi connectivity index (χ2v) is 11.4. The van der Waals surface area contributed by atoms with Gasteiger partial charge in [-0.05, 0) is 32.8 Å². The Morgan fingerprint density at radius 2 is 1.70 bits per heavy atom. The maximum Gasteiger partial charge on any atom is 0.125 e. The number of thiophene rings is 1. The van der Waals surface area contributed by atoms with Crippen LogP contribution in [0.25, 0.3) is 10.1 Å². The van der Waals surface area contributed by atoms with E-state index in [1.807, 2.05) is 23.5 Å². The Balaban J connectivity index is 2.15. The van der Waals surface area contributed by atoms with Crippen LogP contribution in [0.4, 0.5) is 0 Å². The molecule has 0 aliphatic rings. The minimum atomic E-state index is -1.75. The van der Waals surface area contributed by atoms with E-state index in [1.165, 1.54) is 19.8 Å². The summed E-state index contributed by atoms with van der Waals surface area (Å²) in [6.07, 6.45) is 0. The molecule has 1 heterocycles. The second kappa shape index (κ2) is 5.17. The fourth-order valence-electron chi connectivity index (χ4n) is 2.69. The van der Waals surface area contributed by atoms with Gasteiger partial charge in [0.15, 0.2) is 0 Å². The number of hydrogen-bond donors (Lipinski definition) is 1. The average Bonchev–Trinajstić information content (AvgIpc) is 2.92. The second-order valence-electron chi connectivity index (χ2n) is 5.59. The summed E-state index contributed by atoms with van der Waals surface area (Å²) in [5.41, 5.74) is 1.07. The molecule has 1 nitrogen and oxygen atoms in total. The maximum atomic E-state index is 9.59. The fraction of sp³-hybridized carbons (Fsp3) is 0.176. The number of aliphatic hydroxyl groups is 1. The first kappa shape index (κ1) is 13.6. The lowest BCUT2D eigenvalue weighted by molar-refractivity contribution is 0.283. The van der Waals surface area contributed by atoms with Crippen LogP contribution in [0.1, 0.15) is 5.56 Å². The highest BCUT2D eigenvalue weighted by Crippen LogP contribution is 2.22. The Morgan fingerprint density at radius 1 is 1.00 bits per heavy atom. The van der Waals surface area contributed by atoms with Crippen molar-refractivity contribution >= 4 is 39.2 Å². The van der Waals surface area contributed by atoms with Gasteiger partial charge in [0.05, 0.1) is 6.61 Å². The molecule has 0 fully saturated rings. The minimum absolute atomic E-state index is 0.123. The summed E-state index contributed by atoms with van der Waals surface area (Å²) in [6, 6.07) is 19.2. The Morgan fingerprint density at radius 3 is 2.45 bits per heavy atom. The van der Waals surface area contributed by atoms with Crippen LogP contribution in [-0.4, -0.2) is 13.2 Å². The molecule has 0 aliphatic heterocycles. The molecule has 0 aliphatic carbocycles. The zero-order valence-corrected chi connectivity index (χ0v) is 13.6. The third-order valence-corrected chi connectivity index (χ3v) is 9.88. The van der Waals surface area contributed by atoms with Crippen LogP contribution in [0.2, 0.25) is 13.1 Å². The molecule has 20 heavy (non-hydrogen) atoms. The van der Waals surface area contributed by atoms with Crippen LogP contribution in [0, 0.1) is 0 Å². The van der Waals surface area contributed by atoms with Crippen LogP contribution < -0.4 is 9.69 Å². The van der Waals surface area contributed by atoms with Crippen molar-refractivity contribution in [2.45, 2.75) is 19.7 Å². The van der Waals surface area contributed by atoms with Crippen molar-refractivity contribution in [3.05, 3.63) is 60.2 Å². The van der Waals surface area contributed by atoms with Crippen molar-refractivity contribution in [3.8, 4) is 0 Å². The Bertz CT molecular complexity index is 712. The molecule has 0 bridgehead atoms. The number of aliphatic hydroxyl groups excluding tert-OH is 1. The highest BCUT2D eigenvalue weighted by Gasteiger charge is 2.29. The van der Waals surface area contributed by atoms with E-state index in [4.69, 9.17) is 0 Å². The molecule has 3 rings (SSSR count).